The highest BCUT2D eigenvalue weighted by atomic mass is 28.4. The van der Waals surface area contributed by atoms with Crippen LogP contribution in [0.2, 0.25) is 18.1 Å². The molecule has 8 heteroatoms. The number of aryl methyl sites for hydroxylation is 3. The largest absolute Gasteiger partial charge is 0.461 e. The molecule has 0 amide bonds. The van der Waals surface area contributed by atoms with Crippen LogP contribution in [0.3, 0.4) is 0 Å². The van der Waals surface area contributed by atoms with Crippen LogP contribution >= 0.6 is 0 Å². The first-order chi connectivity index (χ1) is 17.4. The third kappa shape index (κ3) is 5.61. The maximum absolute atomic E-state index is 13.3. The molecule has 0 aliphatic rings. The van der Waals surface area contributed by atoms with Crippen molar-refractivity contribution in [2.24, 2.45) is 7.05 Å². The van der Waals surface area contributed by atoms with Gasteiger partial charge < -0.3 is 18.8 Å². The van der Waals surface area contributed by atoms with Gasteiger partial charge in [0.05, 0.1) is 30.1 Å². The van der Waals surface area contributed by atoms with Crippen molar-refractivity contribution < 1.29 is 19.1 Å². The zero-order chi connectivity index (χ0) is 27.5. The molecule has 0 unspecified atom stereocenters. The zero-order valence-corrected chi connectivity index (χ0v) is 24.8. The molecule has 2 aromatic heterocycles. The van der Waals surface area contributed by atoms with Crippen LogP contribution in [0.4, 0.5) is 0 Å². The molecule has 0 bridgehead atoms. The highest BCUT2D eigenvalue weighted by Crippen LogP contribution is 2.39. The first-order valence-corrected chi connectivity index (χ1v) is 16.0. The highest BCUT2D eigenvalue weighted by molar-refractivity contribution is 6.74. The Morgan fingerprint density at radius 1 is 1.27 bits per heavy atom. The van der Waals surface area contributed by atoms with Gasteiger partial charge in [-0.15, -0.1) is 6.58 Å². The molecule has 0 aliphatic carbocycles. The van der Waals surface area contributed by atoms with Gasteiger partial charge >= 0.3 is 5.97 Å². The van der Waals surface area contributed by atoms with Gasteiger partial charge in [0, 0.05) is 36.7 Å². The molecule has 0 saturated carbocycles. The monoisotopic (exact) mass is 525 g/mol. The van der Waals surface area contributed by atoms with Crippen LogP contribution in [0.25, 0.3) is 22.0 Å². The number of ether oxygens (including phenoxy) is 1. The minimum atomic E-state index is -1.86. The van der Waals surface area contributed by atoms with Gasteiger partial charge in [-0.1, -0.05) is 45.0 Å². The van der Waals surface area contributed by atoms with Crippen molar-refractivity contribution in [2.45, 2.75) is 78.7 Å². The second kappa shape index (κ2) is 11.4. The Morgan fingerprint density at radius 3 is 2.57 bits per heavy atom. The van der Waals surface area contributed by atoms with Crippen molar-refractivity contribution in [3.63, 3.8) is 0 Å². The van der Waals surface area contributed by atoms with Crippen LogP contribution in [-0.2, 0) is 35.8 Å². The van der Waals surface area contributed by atoms with Gasteiger partial charge in [0.2, 0.25) is 0 Å². The fourth-order valence-electron chi connectivity index (χ4n) is 4.71. The lowest BCUT2D eigenvalue weighted by Crippen LogP contribution is -2.41. The van der Waals surface area contributed by atoms with Crippen LogP contribution in [0, 0.1) is 6.92 Å². The first kappa shape index (κ1) is 28.9. The molecule has 3 aromatic rings. The van der Waals surface area contributed by atoms with Crippen LogP contribution in [0.1, 0.15) is 61.6 Å². The lowest BCUT2D eigenvalue weighted by atomic mass is 9.98. The molecule has 0 fully saturated rings. The molecule has 1 N–H and O–H groups in total. The van der Waals surface area contributed by atoms with Gasteiger partial charge in [0.1, 0.15) is 5.69 Å². The molecule has 2 heterocycles. The SMILES string of the molecule is C=CCn1c(C(=O)OCC)c(CCCO[Si](C)(C)C(C)(C)C)c2cccc(-c3c(C)nn(C)c3CO)c21. The molecule has 7 nitrogen and oxygen atoms in total. The highest BCUT2D eigenvalue weighted by Gasteiger charge is 2.37. The molecule has 0 saturated heterocycles. The van der Waals surface area contributed by atoms with Gasteiger partial charge in [0.25, 0.3) is 0 Å². The van der Waals surface area contributed by atoms with E-state index in [9.17, 15) is 9.90 Å². The Bertz CT molecular complexity index is 1280. The smallest absolute Gasteiger partial charge is 0.355 e. The molecule has 37 heavy (non-hydrogen) atoms. The number of hydrogen-bond donors (Lipinski definition) is 1. The van der Waals surface area contributed by atoms with E-state index >= 15 is 0 Å². The van der Waals surface area contributed by atoms with Gasteiger partial charge in [0.15, 0.2) is 8.32 Å². The number of rotatable bonds is 11. The molecule has 0 spiro atoms. The van der Waals surface area contributed by atoms with Crippen molar-refractivity contribution in [3.05, 3.63) is 53.5 Å². The number of hydrogen-bond acceptors (Lipinski definition) is 5. The quantitative estimate of drug-likeness (QED) is 0.140. The van der Waals surface area contributed by atoms with Gasteiger partial charge in [-0.25, -0.2) is 4.79 Å². The number of esters is 1. The molecular weight excluding hydrogens is 482 g/mol. The molecular formula is C29H43N3O4Si. The number of allylic oxidation sites excluding steroid dienone is 1. The van der Waals surface area contributed by atoms with E-state index in [0.717, 1.165) is 45.4 Å². The fraction of sp³-hybridized carbons (Fsp3) is 0.517. The zero-order valence-electron chi connectivity index (χ0n) is 23.8. The summed E-state index contributed by atoms with van der Waals surface area (Å²) in [4.78, 5) is 13.3. The van der Waals surface area contributed by atoms with Gasteiger partial charge in [-0.2, -0.15) is 5.10 Å². The summed E-state index contributed by atoms with van der Waals surface area (Å²) < 4.78 is 15.7. The number of benzene rings is 1. The number of nitrogens with zero attached hydrogens (tertiary/aromatic N) is 3. The summed E-state index contributed by atoms with van der Waals surface area (Å²) in [6.45, 7) is 20.2. The van der Waals surface area contributed by atoms with E-state index in [4.69, 9.17) is 9.16 Å². The van der Waals surface area contributed by atoms with E-state index in [1.807, 2.05) is 37.6 Å². The van der Waals surface area contributed by atoms with Crippen molar-refractivity contribution in [1.29, 1.82) is 0 Å². The van der Waals surface area contributed by atoms with Crippen LogP contribution < -0.4 is 0 Å². The summed E-state index contributed by atoms with van der Waals surface area (Å²) in [5, 5.41) is 15.8. The summed E-state index contributed by atoms with van der Waals surface area (Å²) >= 11 is 0. The first-order valence-electron chi connectivity index (χ1n) is 13.1. The summed E-state index contributed by atoms with van der Waals surface area (Å²) in [6.07, 6.45) is 3.28. The topological polar surface area (TPSA) is 78.5 Å². The second-order valence-electron chi connectivity index (χ2n) is 11.0. The molecule has 202 valence electrons. The maximum Gasteiger partial charge on any atom is 0.355 e. The molecule has 3 rings (SSSR count). The molecule has 1 aromatic carbocycles. The standard InChI is InChI=1S/C29H43N3O4Si/c1-10-17-32-26-21(14-12-15-23(26)25-20(3)30-31(7)24(25)19-33)22(27(32)28(34)35-11-2)16-13-18-36-37(8,9)29(4,5)6/h10,12,14-15,33H,1,11,13,16-19H2,2-9H3. The average Bonchev–Trinajstić information content (AvgIpc) is 3.29. The predicted octanol–water partition coefficient (Wildman–Crippen LogP) is 6.16. The summed E-state index contributed by atoms with van der Waals surface area (Å²) in [5.41, 5.74) is 5.83. The van der Waals surface area contributed by atoms with E-state index < -0.39 is 8.32 Å². The second-order valence-corrected chi connectivity index (χ2v) is 15.9. The fourth-order valence-corrected chi connectivity index (χ4v) is 5.80. The number of para-hydroxylation sites is 1. The summed E-state index contributed by atoms with van der Waals surface area (Å²) in [7, 11) is -0.0268. The Labute approximate surface area is 222 Å². The van der Waals surface area contributed by atoms with Crippen molar-refractivity contribution in [3.8, 4) is 11.1 Å². The third-order valence-corrected chi connectivity index (χ3v) is 12.1. The Morgan fingerprint density at radius 2 is 1.97 bits per heavy atom. The van der Waals surface area contributed by atoms with Crippen LogP contribution in [-0.4, -0.2) is 47.0 Å². The van der Waals surface area contributed by atoms with Crippen molar-refractivity contribution in [2.75, 3.05) is 13.2 Å². The van der Waals surface area contributed by atoms with E-state index in [-0.39, 0.29) is 17.6 Å². The van der Waals surface area contributed by atoms with E-state index in [1.165, 1.54) is 0 Å². The number of carbonyl (C=O) groups excluding carboxylic acids is 1. The summed E-state index contributed by atoms with van der Waals surface area (Å²) in [6, 6.07) is 6.11. The van der Waals surface area contributed by atoms with Crippen LogP contribution in [0.15, 0.2) is 30.9 Å². The number of aromatic nitrogens is 3. The van der Waals surface area contributed by atoms with Crippen molar-refractivity contribution >= 4 is 25.2 Å². The number of fused-ring (bicyclic) bond motifs is 1. The Kier molecular flexibility index (Phi) is 8.88. The lowest BCUT2D eigenvalue weighted by Gasteiger charge is -2.36. The van der Waals surface area contributed by atoms with Crippen LogP contribution in [0.5, 0.6) is 0 Å². The minimum Gasteiger partial charge on any atom is -0.461 e. The minimum absolute atomic E-state index is 0.131. The summed E-state index contributed by atoms with van der Waals surface area (Å²) in [5.74, 6) is -0.336. The number of carbonyl (C=O) groups is 1. The van der Waals surface area contributed by atoms with Gasteiger partial charge in [-0.3, -0.25) is 4.68 Å². The maximum atomic E-state index is 13.3. The van der Waals surface area contributed by atoms with Crippen molar-refractivity contribution in [1.82, 2.24) is 14.3 Å². The Hall–Kier alpha value is -2.68. The van der Waals surface area contributed by atoms with E-state index in [2.05, 4.69) is 51.6 Å². The van der Waals surface area contributed by atoms with Gasteiger partial charge in [-0.05, 0) is 50.4 Å². The normalized spacial score (nSPS) is 12.4. The average molecular weight is 526 g/mol. The van der Waals surface area contributed by atoms with E-state index in [0.29, 0.717) is 31.9 Å². The lowest BCUT2D eigenvalue weighted by molar-refractivity contribution is 0.0513. The predicted molar refractivity (Wildman–Crippen MR) is 152 cm³/mol. The van der Waals surface area contributed by atoms with E-state index in [1.54, 1.807) is 10.8 Å². The Balaban J connectivity index is 2.18. The number of aliphatic hydroxyl groups is 1. The third-order valence-electron chi connectivity index (χ3n) is 7.57. The molecule has 0 atom stereocenters. The number of aliphatic hydroxyl groups excluding tert-OH is 1. The molecule has 0 radical (unpaired) electrons. The molecule has 0 aliphatic heterocycles.